The summed E-state index contributed by atoms with van der Waals surface area (Å²) in [5, 5.41) is 2.34. The summed E-state index contributed by atoms with van der Waals surface area (Å²) in [7, 11) is -2.92. The van der Waals surface area contributed by atoms with Gasteiger partial charge >= 0.3 is 0 Å². The standard InChI is InChI=1S/C22H48Br2OSi2/c1-26(2,21-17-13-9-5-7-11-15-19-23)25-27(3,4)22-18-14-10-6-8-12-16-20-24/h5-22H2,1-4H3. The van der Waals surface area contributed by atoms with Gasteiger partial charge in [-0.3, -0.25) is 0 Å². The fraction of sp³-hybridized carbons (Fsp3) is 1.00. The van der Waals surface area contributed by atoms with E-state index >= 15 is 0 Å². The smallest absolute Gasteiger partial charge is 0.173 e. The van der Waals surface area contributed by atoms with Gasteiger partial charge in [0.2, 0.25) is 0 Å². The fourth-order valence-electron chi connectivity index (χ4n) is 3.91. The molecule has 0 aromatic carbocycles. The summed E-state index contributed by atoms with van der Waals surface area (Å²) in [6, 6.07) is 2.72. The van der Waals surface area contributed by atoms with Gasteiger partial charge in [0.1, 0.15) is 0 Å². The molecule has 0 fully saturated rings. The quantitative estimate of drug-likeness (QED) is 0.0842. The van der Waals surface area contributed by atoms with Gasteiger partial charge in [-0.15, -0.1) is 0 Å². The van der Waals surface area contributed by atoms with Crippen molar-refractivity contribution in [1.29, 1.82) is 0 Å². The molecule has 0 aliphatic heterocycles. The molecule has 0 unspecified atom stereocenters. The fourth-order valence-corrected chi connectivity index (χ4v) is 13.7. The SMILES string of the molecule is C[Si](C)(CCCCCCCCCBr)O[Si](C)(C)CCCCCCCCCBr. The number of hydrogen-bond donors (Lipinski definition) is 0. The van der Waals surface area contributed by atoms with Crippen molar-refractivity contribution in [2.45, 2.75) is 128 Å². The number of hydrogen-bond acceptors (Lipinski definition) is 1. The van der Waals surface area contributed by atoms with E-state index in [2.05, 4.69) is 58.0 Å². The van der Waals surface area contributed by atoms with Crippen molar-refractivity contribution in [3.8, 4) is 0 Å². The molecule has 0 aliphatic carbocycles. The molecule has 0 N–H and O–H groups in total. The van der Waals surface area contributed by atoms with E-state index in [0.717, 1.165) is 0 Å². The molecule has 0 radical (unpaired) electrons. The Hall–Kier alpha value is 1.35. The van der Waals surface area contributed by atoms with E-state index in [1.54, 1.807) is 0 Å². The van der Waals surface area contributed by atoms with Crippen LogP contribution in [0.15, 0.2) is 0 Å². The molecule has 0 saturated heterocycles. The molecule has 0 aromatic rings. The van der Waals surface area contributed by atoms with Crippen LogP contribution in [0.25, 0.3) is 0 Å². The van der Waals surface area contributed by atoms with Crippen LogP contribution in [-0.2, 0) is 4.12 Å². The zero-order chi connectivity index (χ0) is 20.4. The molecule has 0 aliphatic rings. The van der Waals surface area contributed by atoms with Gasteiger partial charge in [0, 0.05) is 10.7 Å². The Morgan fingerprint density at radius 2 is 0.704 bits per heavy atom. The molecule has 1 nitrogen and oxygen atoms in total. The van der Waals surface area contributed by atoms with Gasteiger partial charge in [-0.05, 0) is 51.1 Å². The molecule has 5 heteroatoms. The molecule has 0 atom stereocenters. The molecule has 0 aromatic heterocycles. The van der Waals surface area contributed by atoms with Gasteiger partial charge in [-0.25, -0.2) is 0 Å². The summed E-state index contributed by atoms with van der Waals surface area (Å²) in [4.78, 5) is 0. The third-order valence-corrected chi connectivity index (χ3v) is 14.0. The highest BCUT2D eigenvalue weighted by Crippen LogP contribution is 2.26. The lowest BCUT2D eigenvalue weighted by Crippen LogP contribution is -2.44. The van der Waals surface area contributed by atoms with Gasteiger partial charge in [-0.2, -0.15) is 0 Å². The number of halogens is 2. The summed E-state index contributed by atoms with van der Waals surface area (Å²) >= 11 is 7.03. The van der Waals surface area contributed by atoms with E-state index in [-0.39, 0.29) is 0 Å². The van der Waals surface area contributed by atoms with Crippen molar-refractivity contribution in [3.05, 3.63) is 0 Å². The topological polar surface area (TPSA) is 9.23 Å². The number of rotatable bonds is 20. The second-order valence-corrected chi connectivity index (χ2v) is 19.9. The van der Waals surface area contributed by atoms with Gasteiger partial charge in [0.25, 0.3) is 0 Å². The molecule has 0 spiro atoms. The van der Waals surface area contributed by atoms with E-state index in [1.165, 1.54) is 113 Å². The zero-order valence-corrected chi connectivity index (χ0v) is 24.1. The van der Waals surface area contributed by atoms with Crippen molar-refractivity contribution in [3.63, 3.8) is 0 Å². The first-order valence-electron chi connectivity index (χ1n) is 11.6. The van der Waals surface area contributed by atoms with Crippen LogP contribution >= 0.6 is 31.9 Å². The normalized spacial score (nSPS) is 12.7. The molecule has 0 heterocycles. The van der Waals surface area contributed by atoms with Crippen LogP contribution in [0, 0.1) is 0 Å². The molecular formula is C22H48Br2OSi2. The van der Waals surface area contributed by atoms with Gasteiger partial charge in [-0.1, -0.05) is 109 Å². The maximum Gasteiger partial charge on any atom is 0.173 e. The van der Waals surface area contributed by atoms with E-state index in [9.17, 15) is 0 Å². The van der Waals surface area contributed by atoms with Crippen LogP contribution < -0.4 is 0 Å². The predicted octanol–water partition coefficient (Wildman–Crippen LogP) is 9.66. The Bertz CT molecular complexity index is 295. The molecule has 0 rings (SSSR count). The Labute approximate surface area is 190 Å². The van der Waals surface area contributed by atoms with Gasteiger partial charge in [0.15, 0.2) is 16.6 Å². The van der Waals surface area contributed by atoms with Crippen LogP contribution in [0.3, 0.4) is 0 Å². The summed E-state index contributed by atoms with van der Waals surface area (Å²) in [5.41, 5.74) is 0. The predicted molar refractivity (Wildman–Crippen MR) is 138 cm³/mol. The highest BCUT2D eigenvalue weighted by Gasteiger charge is 2.32. The Kier molecular flexibility index (Phi) is 19.1. The summed E-state index contributed by atoms with van der Waals surface area (Å²) in [6.07, 6.45) is 19.6. The average molecular weight is 545 g/mol. The lowest BCUT2D eigenvalue weighted by atomic mass is 10.1. The second-order valence-electron chi connectivity index (χ2n) is 9.45. The highest BCUT2D eigenvalue weighted by molar-refractivity contribution is 9.09. The molecule has 0 amide bonds. The second kappa shape index (κ2) is 18.1. The van der Waals surface area contributed by atoms with Crippen LogP contribution in [0.2, 0.25) is 38.3 Å². The molecule has 0 bridgehead atoms. The lowest BCUT2D eigenvalue weighted by molar-refractivity contribution is 0.518. The van der Waals surface area contributed by atoms with Crippen LogP contribution in [0.1, 0.15) is 89.9 Å². The minimum absolute atomic E-state index is 1.17. The first kappa shape index (κ1) is 28.4. The first-order chi connectivity index (χ1) is 12.8. The van der Waals surface area contributed by atoms with Crippen molar-refractivity contribution < 1.29 is 4.12 Å². The van der Waals surface area contributed by atoms with E-state index in [0.29, 0.717) is 0 Å². The van der Waals surface area contributed by atoms with Crippen LogP contribution in [0.5, 0.6) is 0 Å². The third-order valence-electron chi connectivity index (χ3n) is 5.38. The maximum absolute atomic E-state index is 6.81. The monoisotopic (exact) mass is 542 g/mol. The Morgan fingerprint density at radius 3 is 1.00 bits per heavy atom. The van der Waals surface area contributed by atoms with Crippen LogP contribution in [0.4, 0.5) is 0 Å². The molecule has 27 heavy (non-hydrogen) atoms. The van der Waals surface area contributed by atoms with Gasteiger partial charge < -0.3 is 4.12 Å². The third kappa shape index (κ3) is 20.4. The summed E-state index contributed by atoms with van der Waals surface area (Å²) in [6.45, 7) is 9.84. The van der Waals surface area contributed by atoms with E-state index in [4.69, 9.17) is 4.12 Å². The van der Waals surface area contributed by atoms with Gasteiger partial charge in [0.05, 0.1) is 0 Å². The molecule has 0 saturated carbocycles. The van der Waals surface area contributed by atoms with Crippen molar-refractivity contribution >= 4 is 48.5 Å². The van der Waals surface area contributed by atoms with Crippen molar-refractivity contribution in [2.24, 2.45) is 0 Å². The highest BCUT2D eigenvalue weighted by atomic mass is 79.9. The van der Waals surface area contributed by atoms with Crippen molar-refractivity contribution in [1.82, 2.24) is 0 Å². The zero-order valence-electron chi connectivity index (χ0n) is 18.9. The van der Waals surface area contributed by atoms with Crippen molar-refractivity contribution in [2.75, 3.05) is 10.7 Å². The minimum Gasteiger partial charge on any atom is -0.455 e. The Balaban J connectivity index is 3.73. The number of unbranched alkanes of at least 4 members (excludes halogenated alkanes) is 12. The average Bonchev–Trinajstić information content (AvgIpc) is 2.58. The summed E-state index contributed by atoms with van der Waals surface area (Å²) in [5.74, 6) is 0. The molecule has 164 valence electrons. The summed E-state index contributed by atoms with van der Waals surface area (Å²) < 4.78 is 6.81. The maximum atomic E-state index is 6.81. The first-order valence-corrected chi connectivity index (χ1v) is 20.1. The Morgan fingerprint density at radius 1 is 0.444 bits per heavy atom. The largest absolute Gasteiger partial charge is 0.455 e. The minimum atomic E-state index is -1.46. The lowest BCUT2D eigenvalue weighted by Gasteiger charge is -2.34. The van der Waals surface area contributed by atoms with E-state index < -0.39 is 16.6 Å². The van der Waals surface area contributed by atoms with E-state index in [1.807, 2.05) is 0 Å². The van der Waals surface area contributed by atoms with Crippen LogP contribution in [-0.4, -0.2) is 27.3 Å². The number of alkyl halides is 2. The molecular weight excluding hydrogens is 496 g/mol.